The summed E-state index contributed by atoms with van der Waals surface area (Å²) in [5.74, 6) is 1.29. The van der Waals surface area contributed by atoms with Gasteiger partial charge in [-0.2, -0.15) is 4.98 Å². The van der Waals surface area contributed by atoms with Crippen LogP contribution in [0.1, 0.15) is 24.2 Å². The summed E-state index contributed by atoms with van der Waals surface area (Å²) in [5, 5.41) is 3.94. The molecule has 0 aliphatic heterocycles. The number of halogens is 1. The molecular formula is C12H14BrN3O. The Labute approximate surface area is 108 Å². The van der Waals surface area contributed by atoms with E-state index in [2.05, 4.69) is 26.1 Å². The van der Waals surface area contributed by atoms with Crippen LogP contribution in [0.4, 0.5) is 0 Å². The van der Waals surface area contributed by atoms with Crippen LogP contribution in [0.25, 0.3) is 0 Å². The minimum Gasteiger partial charge on any atom is -0.339 e. The van der Waals surface area contributed by atoms with Crippen molar-refractivity contribution < 1.29 is 4.52 Å². The van der Waals surface area contributed by atoms with Gasteiger partial charge in [0, 0.05) is 23.4 Å². The molecule has 0 radical (unpaired) electrons. The highest BCUT2D eigenvalue weighted by Crippen LogP contribution is 2.18. The van der Waals surface area contributed by atoms with E-state index in [0.717, 1.165) is 10.0 Å². The van der Waals surface area contributed by atoms with E-state index in [1.165, 1.54) is 0 Å². The van der Waals surface area contributed by atoms with Crippen LogP contribution < -0.4 is 5.73 Å². The second-order valence-electron chi connectivity index (χ2n) is 4.05. The van der Waals surface area contributed by atoms with Crippen molar-refractivity contribution in [1.82, 2.24) is 10.1 Å². The van der Waals surface area contributed by atoms with Crippen LogP contribution in [0, 0.1) is 0 Å². The van der Waals surface area contributed by atoms with Crippen molar-refractivity contribution in [3.05, 3.63) is 46.0 Å². The Morgan fingerprint density at radius 2 is 2.18 bits per heavy atom. The standard InChI is InChI=1S/C12H14BrN3O/c1-8(14)6-12-15-11(16-17-12)7-9-4-2-3-5-10(9)13/h2-5,8H,6-7,14H2,1H3. The Hall–Kier alpha value is -1.20. The summed E-state index contributed by atoms with van der Waals surface area (Å²) < 4.78 is 6.19. The van der Waals surface area contributed by atoms with E-state index in [1.54, 1.807) is 0 Å². The quantitative estimate of drug-likeness (QED) is 0.940. The topological polar surface area (TPSA) is 64.9 Å². The van der Waals surface area contributed by atoms with Crippen LogP contribution >= 0.6 is 15.9 Å². The van der Waals surface area contributed by atoms with Gasteiger partial charge >= 0.3 is 0 Å². The zero-order valence-corrected chi connectivity index (χ0v) is 11.1. The Morgan fingerprint density at radius 3 is 2.88 bits per heavy atom. The molecule has 0 aliphatic carbocycles. The van der Waals surface area contributed by atoms with Crippen LogP contribution in [-0.2, 0) is 12.8 Å². The highest BCUT2D eigenvalue weighted by Gasteiger charge is 2.09. The normalized spacial score (nSPS) is 12.6. The number of nitrogens with zero attached hydrogens (tertiary/aromatic N) is 2. The predicted molar refractivity (Wildman–Crippen MR) is 68.6 cm³/mol. The number of aromatic nitrogens is 2. The number of nitrogens with two attached hydrogens (primary N) is 1. The Morgan fingerprint density at radius 1 is 1.41 bits per heavy atom. The van der Waals surface area contributed by atoms with Crippen LogP contribution in [-0.4, -0.2) is 16.2 Å². The van der Waals surface area contributed by atoms with Crippen LogP contribution in [0.5, 0.6) is 0 Å². The fourth-order valence-electron chi connectivity index (χ4n) is 1.53. The smallest absolute Gasteiger partial charge is 0.228 e. The minimum absolute atomic E-state index is 0.0340. The molecule has 2 N–H and O–H groups in total. The van der Waals surface area contributed by atoms with Gasteiger partial charge in [0.15, 0.2) is 5.82 Å². The van der Waals surface area contributed by atoms with Crippen LogP contribution in [0.3, 0.4) is 0 Å². The van der Waals surface area contributed by atoms with E-state index < -0.39 is 0 Å². The maximum atomic E-state index is 5.68. The largest absolute Gasteiger partial charge is 0.339 e. The van der Waals surface area contributed by atoms with Crippen molar-refractivity contribution in [2.75, 3.05) is 0 Å². The van der Waals surface area contributed by atoms with Crippen molar-refractivity contribution in [3.63, 3.8) is 0 Å². The first-order chi connectivity index (χ1) is 8.15. The van der Waals surface area contributed by atoms with Gasteiger partial charge in [0.25, 0.3) is 0 Å². The number of benzene rings is 1. The maximum absolute atomic E-state index is 5.68. The van der Waals surface area contributed by atoms with E-state index in [0.29, 0.717) is 24.6 Å². The van der Waals surface area contributed by atoms with Gasteiger partial charge in [0.2, 0.25) is 5.89 Å². The van der Waals surface area contributed by atoms with Gasteiger partial charge in [0.1, 0.15) is 0 Å². The molecule has 90 valence electrons. The first kappa shape index (κ1) is 12.3. The first-order valence-electron chi connectivity index (χ1n) is 5.45. The Kier molecular flexibility index (Phi) is 3.91. The highest BCUT2D eigenvalue weighted by atomic mass is 79.9. The molecule has 2 rings (SSSR count). The van der Waals surface area contributed by atoms with Gasteiger partial charge < -0.3 is 10.3 Å². The van der Waals surface area contributed by atoms with Crippen molar-refractivity contribution in [3.8, 4) is 0 Å². The van der Waals surface area contributed by atoms with Crippen LogP contribution in [0.15, 0.2) is 33.3 Å². The van der Waals surface area contributed by atoms with E-state index in [9.17, 15) is 0 Å². The third kappa shape index (κ3) is 3.38. The van der Waals surface area contributed by atoms with E-state index >= 15 is 0 Å². The highest BCUT2D eigenvalue weighted by molar-refractivity contribution is 9.10. The average Bonchev–Trinajstić information content (AvgIpc) is 2.68. The van der Waals surface area contributed by atoms with Gasteiger partial charge in [0.05, 0.1) is 0 Å². The van der Waals surface area contributed by atoms with Gasteiger partial charge in [-0.3, -0.25) is 0 Å². The minimum atomic E-state index is 0.0340. The number of hydrogen-bond acceptors (Lipinski definition) is 4. The molecule has 0 fully saturated rings. The molecule has 0 spiro atoms. The lowest BCUT2D eigenvalue weighted by Crippen LogP contribution is -2.17. The first-order valence-corrected chi connectivity index (χ1v) is 6.25. The van der Waals surface area contributed by atoms with E-state index in [-0.39, 0.29) is 6.04 Å². The van der Waals surface area contributed by atoms with Crippen molar-refractivity contribution in [1.29, 1.82) is 0 Å². The molecule has 0 saturated carbocycles. The second kappa shape index (κ2) is 5.42. The zero-order chi connectivity index (χ0) is 12.3. The second-order valence-corrected chi connectivity index (χ2v) is 4.91. The zero-order valence-electron chi connectivity index (χ0n) is 9.56. The molecule has 0 saturated heterocycles. The fraction of sp³-hybridized carbons (Fsp3) is 0.333. The third-order valence-corrected chi connectivity index (χ3v) is 3.09. The Bertz CT molecular complexity index is 496. The van der Waals surface area contributed by atoms with Gasteiger partial charge in [-0.1, -0.05) is 39.3 Å². The maximum Gasteiger partial charge on any atom is 0.228 e. The molecule has 1 aromatic carbocycles. The predicted octanol–water partition coefficient (Wildman–Crippen LogP) is 2.31. The van der Waals surface area contributed by atoms with Crippen molar-refractivity contribution in [2.24, 2.45) is 5.73 Å². The average molecular weight is 296 g/mol. The molecule has 0 bridgehead atoms. The summed E-state index contributed by atoms with van der Waals surface area (Å²) in [6.45, 7) is 1.91. The lowest BCUT2D eigenvalue weighted by atomic mass is 10.1. The molecule has 1 atom stereocenters. The van der Waals surface area contributed by atoms with Crippen molar-refractivity contribution >= 4 is 15.9 Å². The third-order valence-electron chi connectivity index (χ3n) is 2.31. The summed E-state index contributed by atoms with van der Waals surface area (Å²) in [5.41, 5.74) is 6.81. The number of hydrogen-bond donors (Lipinski definition) is 1. The molecule has 4 nitrogen and oxygen atoms in total. The molecule has 5 heteroatoms. The molecule has 2 aromatic rings. The Balaban J connectivity index is 2.09. The summed E-state index contributed by atoms with van der Waals surface area (Å²) >= 11 is 3.49. The SMILES string of the molecule is CC(N)Cc1nc(Cc2ccccc2Br)no1. The molecule has 1 unspecified atom stereocenters. The van der Waals surface area contributed by atoms with Crippen molar-refractivity contribution in [2.45, 2.75) is 25.8 Å². The number of rotatable bonds is 4. The van der Waals surface area contributed by atoms with Crippen LogP contribution in [0.2, 0.25) is 0 Å². The monoisotopic (exact) mass is 295 g/mol. The molecule has 1 aromatic heterocycles. The molecular weight excluding hydrogens is 282 g/mol. The van der Waals surface area contributed by atoms with E-state index in [4.69, 9.17) is 10.3 Å². The molecule has 0 amide bonds. The lowest BCUT2D eigenvalue weighted by Gasteiger charge is -1.99. The summed E-state index contributed by atoms with van der Waals surface area (Å²) in [6.07, 6.45) is 1.27. The summed E-state index contributed by atoms with van der Waals surface area (Å²) in [4.78, 5) is 4.31. The summed E-state index contributed by atoms with van der Waals surface area (Å²) in [6, 6.07) is 8.03. The van der Waals surface area contributed by atoms with E-state index in [1.807, 2.05) is 31.2 Å². The molecule has 0 aliphatic rings. The van der Waals surface area contributed by atoms with Gasteiger partial charge in [-0.05, 0) is 18.6 Å². The van der Waals surface area contributed by atoms with Gasteiger partial charge in [-0.15, -0.1) is 0 Å². The fourth-order valence-corrected chi connectivity index (χ4v) is 1.96. The molecule has 1 heterocycles. The lowest BCUT2D eigenvalue weighted by molar-refractivity contribution is 0.367. The summed E-state index contributed by atoms with van der Waals surface area (Å²) in [7, 11) is 0. The molecule has 17 heavy (non-hydrogen) atoms. The van der Waals surface area contributed by atoms with Gasteiger partial charge in [-0.25, -0.2) is 0 Å².